The second-order valence-corrected chi connectivity index (χ2v) is 7.56. The Morgan fingerprint density at radius 2 is 1.96 bits per heavy atom. The molecule has 0 radical (unpaired) electrons. The van der Waals surface area contributed by atoms with E-state index in [1.807, 2.05) is 0 Å². The summed E-state index contributed by atoms with van der Waals surface area (Å²) in [6, 6.07) is 0. The first-order chi connectivity index (χ1) is 13.0. The third-order valence-corrected chi connectivity index (χ3v) is 5.22. The summed E-state index contributed by atoms with van der Waals surface area (Å²) in [6.45, 7) is -0.423. The number of fused-ring (bicyclic) bond motifs is 1. The molecule has 0 spiro atoms. The van der Waals surface area contributed by atoms with Gasteiger partial charge in [0, 0.05) is 32.5 Å². The molecule has 0 saturated carbocycles. The SMILES string of the molecule is COCc1nn2c(CN3CC(=O)[C@H](CCC(F)(F)F)C3)c(C(F)(F)F)nc2s1. The maximum atomic E-state index is 13.4. The van der Waals surface area contributed by atoms with E-state index < -0.39 is 36.2 Å². The fourth-order valence-electron chi connectivity index (χ4n) is 3.13. The molecule has 2 aromatic rings. The van der Waals surface area contributed by atoms with Crippen molar-refractivity contribution in [3.63, 3.8) is 0 Å². The van der Waals surface area contributed by atoms with Crippen LogP contribution >= 0.6 is 11.3 Å². The number of nitrogens with zero attached hydrogens (tertiary/aromatic N) is 4. The van der Waals surface area contributed by atoms with Gasteiger partial charge >= 0.3 is 12.4 Å². The minimum Gasteiger partial charge on any atom is -0.377 e. The Labute approximate surface area is 159 Å². The molecule has 156 valence electrons. The average Bonchev–Trinajstić information content (AvgIpc) is 3.19. The van der Waals surface area contributed by atoms with E-state index in [0.29, 0.717) is 5.01 Å². The van der Waals surface area contributed by atoms with Crippen molar-refractivity contribution in [1.82, 2.24) is 19.5 Å². The molecule has 1 saturated heterocycles. The number of hydrogen-bond donors (Lipinski definition) is 0. The van der Waals surface area contributed by atoms with Crippen molar-refractivity contribution in [3.8, 4) is 0 Å². The minimum absolute atomic E-state index is 0.0332. The Kier molecular flexibility index (Phi) is 5.69. The zero-order valence-corrected chi connectivity index (χ0v) is 15.4. The smallest absolute Gasteiger partial charge is 0.377 e. The number of ketones is 1. The van der Waals surface area contributed by atoms with Crippen molar-refractivity contribution in [2.24, 2.45) is 5.92 Å². The van der Waals surface area contributed by atoms with Crippen LogP contribution in [0.4, 0.5) is 26.3 Å². The summed E-state index contributed by atoms with van der Waals surface area (Å²) in [4.78, 5) is 17.0. The molecule has 3 heterocycles. The quantitative estimate of drug-likeness (QED) is 0.659. The van der Waals surface area contributed by atoms with Gasteiger partial charge in [-0.2, -0.15) is 31.4 Å². The molecular weight excluding hydrogens is 414 g/mol. The van der Waals surface area contributed by atoms with Crippen LogP contribution in [0.25, 0.3) is 4.96 Å². The molecule has 6 nitrogen and oxygen atoms in total. The van der Waals surface area contributed by atoms with Crippen molar-refractivity contribution in [2.75, 3.05) is 20.2 Å². The second-order valence-electron chi connectivity index (χ2n) is 6.51. The lowest BCUT2D eigenvalue weighted by Gasteiger charge is -2.16. The minimum atomic E-state index is -4.72. The molecule has 0 amide bonds. The maximum absolute atomic E-state index is 13.4. The van der Waals surface area contributed by atoms with Crippen molar-refractivity contribution in [2.45, 2.75) is 38.3 Å². The lowest BCUT2D eigenvalue weighted by atomic mass is 10.0. The molecule has 2 aromatic heterocycles. The van der Waals surface area contributed by atoms with Gasteiger partial charge in [-0.1, -0.05) is 11.3 Å². The van der Waals surface area contributed by atoms with Crippen LogP contribution in [0.15, 0.2) is 0 Å². The van der Waals surface area contributed by atoms with E-state index in [1.54, 1.807) is 0 Å². The van der Waals surface area contributed by atoms with Gasteiger partial charge in [0.2, 0.25) is 4.96 Å². The van der Waals surface area contributed by atoms with E-state index in [4.69, 9.17) is 4.74 Å². The molecule has 1 aliphatic rings. The number of carbonyl (C=O) groups excluding carboxylic acids is 1. The topological polar surface area (TPSA) is 59.7 Å². The van der Waals surface area contributed by atoms with Crippen LogP contribution in [0.5, 0.6) is 0 Å². The monoisotopic (exact) mass is 430 g/mol. The number of likely N-dealkylation sites (tertiary alicyclic amines) is 1. The van der Waals surface area contributed by atoms with E-state index in [0.717, 1.165) is 15.9 Å². The van der Waals surface area contributed by atoms with E-state index in [-0.39, 0.29) is 43.3 Å². The Morgan fingerprint density at radius 1 is 1.25 bits per heavy atom. The summed E-state index contributed by atoms with van der Waals surface area (Å²) < 4.78 is 83.2. The van der Waals surface area contributed by atoms with Gasteiger partial charge in [-0.15, -0.1) is 0 Å². The summed E-state index contributed by atoms with van der Waals surface area (Å²) in [6.07, 6.45) is -10.6. The van der Waals surface area contributed by atoms with E-state index in [2.05, 4.69) is 10.1 Å². The van der Waals surface area contributed by atoms with Gasteiger partial charge in [0.05, 0.1) is 18.8 Å². The van der Waals surface area contributed by atoms with Crippen molar-refractivity contribution >= 4 is 22.1 Å². The molecule has 1 aliphatic heterocycles. The predicted molar refractivity (Wildman–Crippen MR) is 85.6 cm³/mol. The largest absolute Gasteiger partial charge is 0.435 e. The maximum Gasteiger partial charge on any atom is 0.435 e. The summed E-state index contributed by atoms with van der Waals surface area (Å²) >= 11 is 0.948. The molecule has 0 unspecified atom stereocenters. The molecule has 13 heteroatoms. The average molecular weight is 430 g/mol. The van der Waals surface area contributed by atoms with Crippen LogP contribution in [-0.4, -0.2) is 51.7 Å². The van der Waals surface area contributed by atoms with Crippen molar-refractivity contribution in [1.29, 1.82) is 0 Å². The van der Waals surface area contributed by atoms with Crippen molar-refractivity contribution in [3.05, 3.63) is 16.4 Å². The van der Waals surface area contributed by atoms with Gasteiger partial charge in [0.15, 0.2) is 11.5 Å². The summed E-state index contributed by atoms with van der Waals surface area (Å²) in [5.74, 6) is -1.25. The van der Waals surface area contributed by atoms with Gasteiger partial charge in [0.1, 0.15) is 5.01 Å². The predicted octanol–water partition coefficient (Wildman–Crippen LogP) is 3.30. The van der Waals surface area contributed by atoms with Crippen LogP contribution < -0.4 is 0 Å². The number of aromatic nitrogens is 3. The third kappa shape index (κ3) is 4.63. The Bertz CT molecular complexity index is 859. The molecule has 0 aliphatic carbocycles. The van der Waals surface area contributed by atoms with Gasteiger partial charge < -0.3 is 4.74 Å². The lowest BCUT2D eigenvalue weighted by molar-refractivity contribution is -0.142. The first kappa shape index (κ1) is 21.0. The number of Topliss-reactive ketones (excluding diaryl/α,β-unsaturated/α-hetero) is 1. The first-order valence-corrected chi connectivity index (χ1v) is 9.05. The molecule has 28 heavy (non-hydrogen) atoms. The van der Waals surface area contributed by atoms with Gasteiger partial charge in [0.25, 0.3) is 0 Å². The number of imidazole rings is 1. The van der Waals surface area contributed by atoms with Crippen molar-refractivity contribution < 1.29 is 35.9 Å². The van der Waals surface area contributed by atoms with Crippen LogP contribution in [0.3, 0.4) is 0 Å². The molecular formula is C15H16F6N4O2S. The zero-order chi connectivity index (χ0) is 20.7. The lowest BCUT2D eigenvalue weighted by Crippen LogP contribution is -2.24. The number of carbonyl (C=O) groups is 1. The highest BCUT2D eigenvalue weighted by Crippen LogP contribution is 2.35. The molecule has 1 atom stereocenters. The Morgan fingerprint density at radius 3 is 2.57 bits per heavy atom. The summed E-state index contributed by atoms with van der Waals surface area (Å²) in [7, 11) is 1.42. The molecule has 0 aromatic carbocycles. The van der Waals surface area contributed by atoms with Gasteiger partial charge in [-0.05, 0) is 6.42 Å². The van der Waals surface area contributed by atoms with E-state index >= 15 is 0 Å². The van der Waals surface area contributed by atoms with Gasteiger partial charge in [-0.25, -0.2) is 9.50 Å². The third-order valence-electron chi connectivity index (χ3n) is 4.34. The fourth-order valence-corrected chi connectivity index (χ4v) is 4.01. The number of alkyl halides is 6. The number of methoxy groups -OCH3 is 1. The zero-order valence-electron chi connectivity index (χ0n) is 14.6. The number of rotatable bonds is 6. The van der Waals surface area contributed by atoms with Crippen LogP contribution in [0.1, 0.15) is 29.2 Å². The normalized spacial score (nSPS) is 19.2. The van der Waals surface area contributed by atoms with E-state index in [9.17, 15) is 31.1 Å². The first-order valence-electron chi connectivity index (χ1n) is 8.23. The van der Waals surface area contributed by atoms with Crippen LogP contribution in [0.2, 0.25) is 0 Å². The fraction of sp³-hybridized carbons (Fsp3) is 0.667. The Hall–Kier alpha value is -1.73. The highest BCUT2D eigenvalue weighted by Gasteiger charge is 2.41. The van der Waals surface area contributed by atoms with E-state index in [1.165, 1.54) is 12.0 Å². The number of hydrogen-bond acceptors (Lipinski definition) is 6. The Balaban J connectivity index is 1.81. The number of ether oxygens (including phenoxy) is 1. The molecule has 3 rings (SSSR count). The molecule has 0 bridgehead atoms. The highest BCUT2D eigenvalue weighted by atomic mass is 32.1. The van der Waals surface area contributed by atoms with Gasteiger partial charge in [-0.3, -0.25) is 9.69 Å². The van der Waals surface area contributed by atoms with Crippen LogP contribution in [-0.2, 0) is 28.9 Å². The molecule has 0 N–H and O–H groups in total. The highest BCUT2D eigenvalue weighted by molar-refractivity contribution is 7.16. The number of halogens is 6. The summed E-state index contributed by atoms with van der Waals surface area (Å²) in [5, 5.41) is 4.50. The summed E-state index contributed by atoms with van der Waals surface area (Å²) in [5.41, 5.74) is -1.35. The standard InChI is InChI=1S/C15H16F6N4O2S/c1-27-7-11-23-25-9(12(15(19,20)21)22-13(25)28-11)5-24-4-8(10(26)6-24)2-3-14(16,17)18/h8H,2-7H2,1H3/t8-/m1/s1. The molecule has 1 fully saturated rings. The van der Waals surface area contributed by atoms with Crippen LogP contribution in [0, 0.1) is 5.92 Å². The second kappa shape index (κ2) is 7.59.